The second-order valence-electron chi connectivity index (χ2n) is 4.97. The van der Waals surface area contributed by atoms with E-state index < -0.39 is 27.3 Å². The molecule has 0 aromatic rings. The van der Waals surface area contributed by atoms with Crippen LogP contribution in [0.2, 0.25) is 0 Å². The van der Waals surface area contributed by atoms with Gasteiger partial charge in [-0.05, 0) is 19.8 Å². The number of hydrogen-bond acceptors (Lipinski definition) is 4. The number of carbonyl (C=O) groups is 2. The van der Waals surface area contributed by atoms with Gasteiger partial charge < -0.3 is 10.4 Å². The van der Waals surface area contributed by atoms with Crippen LogP contribution >= 0.6 is 0 Å². The van der Waals surface area contributed by atoms with Crippen LogP contribution in [0.25, 0.3) is 0 Å². The second kappa shape index (κ2) is 8.99. The topological polar surface area (TPSA) is 104 Å². The molecule has 8 heteroatoms. The molecule has 0 aromatic heterocycles. The van der Waals surface area contributed by atoms with Crippen LogP contribution < -0.4 is 5.32 Å². The molecule has 0 rings (SSSR count). The van der Waals surface area contributed by atoms with Gasteiger partial charge in [-0.2, -0.15) is 4.31 Å². The predicted octanol–water partition coefficient (Wildman–Crippen LogP) is 0.806. The third-order valence-corrected chi connectivity index (χ3v) is 5.87. The van der Waals surface area contributed by atoms with E-state index in [9.17, 15) is 18.0 Å². The van der Waals surface area contributed by atoms with Crippen molar-refractivity contribution in [3.05, 3.63) is 0 Å². The third-order valence-electron chi connectivity index (χ3n) is 3.31. The first-order chi connectivity index (χ1) is 9.68. The molecule has 0 bridgehead atoms. The number of carboxylic acids is 1. The van der Waals surface area contributed by atoms with Gasteiger partial charge in [-0.3, -0.25) is 9.59 Å². The Balaban J connectivity index is 5.25. The Kier molecular flexibility index (Phi) is 8.50. The lowest BCUT2D eigenvalue weighted by atomic mass is 10.2. The maximum absolute atomic E-state index is 12.6. The van der Waals surface area contributed by atoms with Crippen molar-refractivity contribution in [3.63, 3.8) is 0 Å². The minimum absolute atomic E-state index is 0.0460. The van der Waals surface area contributed by atoms with Crippen molar-refractivity contribution in [1.29, 1.82) is 0 Å². The van der Waals surface area contributed by atoms with Gasteiger partial charge in [0.15, 0.2) is 0 Å². The molecule has 1 amide bonds. The highest BCUT2D eigenvalue weighted by molar-refractivity contribution is 7.89. The van der Waals surface area contributed by atoms with E-state index in [0.717, 1.165) is 4.31 Å². The van der Waals surface area contributed by atoms with Gasteiger partial charge in [0.05, 0.1) is 5.25 Å². The van der Waals surface area contributed by atoms with Crippen LogP contribution in [0.4, 0.5) is 0 Å². The van der Waals surface area contributed by atoms with Crippen LogP contribution in [-0.2, 0) is 19.6 Å². The van der Waals surface area contributed by atoms with Crippen LogP contribution in [0.5, 0.6) is 0 Å². The average molecular weight is 322 g/mol. The van der Waals surface area contributed by atoms with Crippen LogP contribution in [0.1, 0.15) is 47.0 Å². The summed E-state index contributed by atoms with van der Waals surface area (Å²) in [6, 6.07) is -1.16. The molecule has 2 unspecified atom stereocenters. The zero-order valence-corrected chi connectivity index (χ0v) is 13.9. The van der Waals surface area contributed by atoms with Crippen molar-refractivity contribution in [1.82, 2.24) is 9.62 Å². The minimum atomic E-state index is -3.72. The number of nitrogens with zero attached hydrogens (tertiary/aromatic N) is 1. The highest BCUT2D eigenvalue weighted by Crippen LogP contribution is 2.19. The maximum Gasteiger partial charge on any atom is 0.321 e. The van der Waals surface area contributed by atoms with Gasteiger partial charge in [0, 0.05) is 20.0 Å². The summed E-state index contributed by atoms with van der Waals surface area (Å²) in [5, 5.41) is 11.0. The van der Waals surface area contributed by atoms with E-state index in [1.165, 1.54) is 13.8 Å². The summed E-state index contributed by atoms with van der Waals surface area (Å²) < 4.78 is 26.2. The summed E-state index contributed by atoms with van der Waals surface area (Å²) in [5.41, 5.74) is 0. The van der Waals surface area contributed by atoms with Gasteiger partial charge in [0.25, 0.3) is 0 Å². The molecule has 0 fully saturated rings. The molecule has 0 aliphatic rings. The van der Waals surface area contributed by atoms with Crippen LogP contribution in [0.15, 0.2) is 0 Å². The number of carbonyl (C=O) groups excluding carboxylic acids is 1. The number of hydrogen-bond donors (Lipinski definition) is 2. The zero-order valence-electron chi connectivity index (χ0n) is 13.1. The van der Waals surface area contributed by atoms with Gasteiger partial charge in [0.2, 0.25) is 15.9 Å². The lowest BCUT2D eigenvalue weighted by Crippen LogP contribution is -2.49. The fraction of sp³-hybridized carbons (Fsp3) is 0.846. The van der Waals surface area contributed by atoms with E-state index in [-0.39, 0.29) is 19.0 Å². The standard InChI is InChI=1S/C13H26N2O5S/c1-5-7-12(6-2)21(19,20)15(10(3)13(17)18)9-8-14-11(4)16/h10,12H,5-9H2,1-4H3,(H,14,16)(H,17,18). The Morgan fingerprint density at radius 3 is 2.24 bits per heavy atom. The first-order valence-corrected chi connectivity index (χ1v) is 8.66. The largest absolute Gasteiger partial charge is 0.480 e. The van der Waals surface area contributed by atoms with Gasteiger partial charge >= 0.3 is 5.97 Å². The van der Waals surface area contributed by atoms with Gasteiger partial charge in [-0.25, -0.2) is 8.42 Å². The predicted molar refractivity (Wildman–Crippen MR) is 80.4 cm³/mol. The number of nitrogens with one attached hydrogen (secondary N) is 1. The third kappa shape index (κ3) is 6.01. The molecular weight excluding hydrogens is 296 g/mol. The van der Waals surface area contributed by atoms with Gasteiger partial charge in [-0.15, -0.1) is 0 Å². The van der Waals surface area contributed by atoms with Crippen molar-refractivity contribution in [2.75, 3.05) is 13.1 Å². The van der Waals surface area contributed by atoms with Crippen LogP contribution in [0, 0.1) is 0 Å². The fourth-order valence-corrected chi connectivity index (χ4v) is 4.30. The number of sulfonamides is 1. The van der Waals surface area contributed by atoms with Crippen molar-refractivity contribution in [2.45, 2.75) is 58.2 Å². The van der Waals surface area contributed by atoms with Crippen molar-refractivity contribution in [2.24, 2.45) is 0 Å². The van der Waals surface area contributed by atoms with Gasteiger partial charge in [-0.1, -0.05) is 20.3 Å². The number of aliphatic carboxylic acids is 1. The quantitative estimate of drug-likeness (QED) is 0.619. The summed E-state index contributed by atoms with van der Waals surface area (Å²) in [4.78, 5) is 22.0. The van der Waals surface area contributed by atoms with E-state index >= 15 is 0 Å². The molecule has 0 spiro atoms. The normalized spacial score (nSPS) is 14.7. The molecule has 124 valence electrons. The summed E-state index contributed by atoms with van der Waals surface area (Å²) in [6.07, 6.45) is 1.62. The molecule has 0 aliphatic carbocycles. The first-order valence-electron chi connectivity index (χ1n) is 7.16. The molecule has 0 aromatic carbocycles. The van der Waals surface area contributed by atoms with Crippen LogP contribution in [-0.4, -0.2) is 54.1 Å². The minimum Gasteiger partial charge on any atom is -0.480 e. The molecule has 2 N–H and O–H groups in total. The summed E-state index contributed by atoms with van der Waals surface area (Å²) >= 11 is 0. The number of carboxylic acid groups (broad SMARTS) is 1. The van der Waals surface area contributed by atoms with E-state index in [2.05, 4.69) is 5.32 Å². The second-order valence-corrected chi connectivity index (χ2v) is 7.14. The Hall–Kier alpha value is -1.15. The van der Waals surface area contributed by atoms with E-state index in [4.69, 9.17) is 5.11 Å². The monoisotopic (exact) mass is 322 g/mol. The van der Waals surface area contributed by atoms with Crippen molar-refractivity contribution < 1.29 is 23.1 Å². The van der Waals surface area contributed by atoms with Crippen molar-refractivity contribution >= 4 is 21.9 Å². The molecular formula is C13H26N2O5S. The molecule has 0 saturated heterocycles. The summed E-state index contributed by atoms with van der Waals surface area (Å²) in [6.45, 7) is 6.37. The highest BCUT2D eigenvalue weighted by Gasteiger charge is 2.36. The fourth-order valence-electron chi connectivity index (χ4n) is 2.08. The molecule has 0 heterocycles. The molecule has 0 aliphatic heterocycles. The van der Waals surface area contributed by atoms with E-state index in [0.29, 0.717) is 19.3 Å². The Morgan fingerprint density at radius 2 is 1.86 bits per heavy atom. The Bertz CT molecular complexity index is 449. The molecule has 21 heavy (non-hydrogen) atoms. The average Bonchev–Trinajstić information content (AvgIpc) is 2.39. The van der Waals surface area contributed by atoms with Crippen molar-refractivity contribution in [3.8, 4) is 0 Å². The number of amides is 1. The Labute approximate surface area is 126 Å². The molecule has 7 nitrogen and oxygen atoms in total. The molecule has 2 atom stereocenters. The highest BCUT2D eigenvalue weighted by atomic mass is 32.2. The summed E-state index contributed by atoms with van der Waals surface area (Å²) in [7, 11) is -3.72. The lowest BCUT2D eigenvalue weighted by molar-refractivity contribution is -0.140. The lowest BCUT2D eigenvalue weighted by Gasteiger charge is -2.29. The van der Waals surface area contributed by atoms with E-state index in [1.54, 1.807) is 6.92 Å². The summed E-state index contributed by atoms with van der Waals surface area (Å²) in [5.74, 6) is -1.48. The first kappa shape index (κ1) is 19.9. The smallest absolute Gasteiger partial charge is 0.321 e. The van der Waals surface area contributed by atoms with Gasteiger partial charge in [0.1, 0.15) is 6.04 Å². The molecule has 0 radical (unpaired) electrons. The van der Waals surface area contributed by atoms with E-state index in [1.807, 2.05) is 6.92 Å². The molecule has 0 saturated carbocycles. The van der Waals surface area contributed by atoms with Crippen LogP contribution in [0.3, 0.4) is 0 Å². The number of rotatable bonds is 10. The Morgan fingerprint density at radius 1 is 1.29 bits per heavy atom. The zero-order chi connectivity index (χ0) is 16.6. The maximum atomic E-state index is 12.6. The SMILES string of the molecule is CCCC(CC)S(=O)(=O)N(CCNC(C)=O)C(C)C(=O)O.